The third kappa shape index (κ3) is 3.82. The van der Waals surface area contributed by atoms with Crippen LogP contribution in [0.2, 0.25) is 0 Å². The van der Waals surface area contributed by atoms with Gasteiger partial charge in [-0.2, -0.15) is 0 Å². The molecule has 1 heterocycles. The van der Waals surface area contributed by atoms with E-state index in [0.29, 0.717) is 12.0 Å². The second kappa shape index (κ2) is 6.91. The van der Waals surface area contributed by atoms with Gasteiger partial charge < -0.3 is 10.1 Å². The summed E-state index contributed by atoms with van der Waals surface area (Å²) in [6.07, 6.45) is 3.59. The molecule has 1 aromatic rings. The Morgan fingerprint density at radius 2 is 2.11 bits per heavy atom. The summed E-state index contributed by atoms with van der Waals surface area (Å²) < 4.78 is 5.51. The molecule has 2 heteroatoms. The fourth-order valence-electron chi connectivity index (χ4n) is 2.71. The molecule has 2 atom stereocenters. The van der Waals surface area contributed by atoms with Crippen LogP contribution < -0.4 is 5.32 Å². The van der Waals surface area contributed by atoms with Gasteiger partial charge in [0.2, 0.25) is 0 Å². The third-order valence-corrected chi connectivity index (χ3v) is 3.86. The van der Waals surface area contributed by atoms with Crippen molar-refractivity contribution in [3.8, 4) is 0 Å². The second-order valence-corrected chi connectivity index (χ2v) is 5.31. The number of hydrogen-bond donors (Lipinski definition) is 1. The molecule has 0 amide bonds. The molecule has 0 bridgehead atoms. The number of nitrogens with one attached hydrogen (secondary N) is 1. The average molecular weight is 247 g/mol. The lowest BCUT2D eigenvalue weighted by Gasteiger charge is -2.23. The van der Waals surface area contributed by atoms with Gasteiger partial charge in [0.05, 0.1) is 6.61 Å². The van der Waals surface area contributed by atoms with Crippen LogP contribution in [0.15, 0.2) is 24.3 Å². The summed E-state index contributed by atoms with van der Waals surface area (Å²) in [5, 5.41) is 3.63. The number of rotatable bonds is 6. The van der Waals surface area contributed by atoms with Crippen molar-refractivity contribution in [2.75, 3.05) is 19.8 Å². The van der Waals surface area contributed by atoms with Crippen molar-refractivity contribution < 1.29 is 4.74 Å². The minimum absolute atomic E-state index is 0.610. The lowest BCUT2D eigenvalue weighted by atomic mass is 9.93. The summed E-state index contributed by atoms with van der Waals surface area (Å²) in [4.78, 5) is 0. The normalized spacial score (nSPS) is 21.1. The highest BCUT2D eigenvalue weighted by Gasteiger charge is 2.24. The van der Waals surface area contributed by atoms with E-state index >= 15 is 0 Å². The molecule has 0 aliphatic carbocycles. The van der Waals surface area contributed by atoms with E-state index in [4.69, 9.17) is 4.74 Å². The summed E-state index contributed by atoms with van der Waals surface area (Å²) in [7, 11) is 0. The van der Waals surface area contributed by atoms with E-state index in [9.17, 15) is 0 Å². The molecular formula is C16H25NO. The first-order chi connectivity index (χ1) is 8.79. The minimum atomic E-state index is 0.610. The molecule has 1 aromatic carbocycles. The molecule has 1 N–H and O–H groups in total. The van der Waals surface area contributed by atoms with Gasteiger partial charge in [0.1, 0.15) is 0 Å². The Morgan fingerprint density at radius 3 is 2.72 bits per heavy atom. The number of hydrogen-bond acceptors (Lipinski definition) is 2. The Hall–Kier alpha value is -0.860. The van der Waals surface area contributed by atoms with Crippen LogP contribution in [-0.4, -0.2) is 25.8 Å². The summed E-state index contributed by atoms with van der Waals surface area (Å²) >= 11 is 0. The predicted octanol–water partition coefficient (Wildman–Crippen LogP) is 2.94. The molecule has 2 nitrogen and oxygen atoms in total. The molecule has 0 radical (unpaired) electrons. The highest BCUT2D eigenvalue weighted by atomic mass is 16.5. The van der Waals surface area contributed by atoms with E-state index in [1.54, 1.807) is 0 Å². The molecule has 1 aliphatic heterocycles. The van der Waals surface area contributed by atoms with Crippen LogP contribution in [-0.2, 0) is 11.2 Å². The van der Waals surface area contributed by atoms with Gasteiger partial charge in [0, 0.05) is 12.6 Å². The van der Waals surface area contributed by atoms with Crippen LogP contribution >= 0.6 is 0 Å². The van der Waals surface area contributed by atoms with Gasteiger partial charge in [-0.05, 0) is 44.2 Å². The minimum Gasteiger partial charge on any atom is -0.381 e. The van der Waals surface area contributed by atoms with Gasteiger partial charge in [0.15, 0.2) is 0 Å². The van der Waals surface area contributed by atoms with Gasteiger partial charge in [-0.1, -0.05) is 36.8 Å². The summed E-state index contributed by atoms with van der Waals surface area (Å²) in [5.74, 6) is 0.704. The maximum Gasteiger partial charge on any atom is 0.0510 e. The lowest BCUT2D eigenvalue weighted by molar-refractivity contribution is 0.175. The van der Waals surface area contributed by atoms with Crippen molar-refractivity contribution in [3.05, 3.63) is 35.4 Å². The SMILES string of the molecule is CCNC(CCc1ccc(C)cc1)C1CCOC1. The van der Waals surface area contributed by atoms with Crippen molar-refractivity contribution in [2.45, 2.75) is 39.2 Å². The van der Waals surface area contributed by atoms with E-state index in [-0.39, 0.29) is 0 Å². The topological polar surface area (TPSA) is 21.3 Å². The highest BCUT2D eigenvalue weighted by Crippen LogP contribution is 2.20. The zero-order chi connectivity index (χ0) is 12.8. The van der Waals surface area contributed by atoms with E-state index in [2.05, 4.69) is 43.4 Å². The van der Waals surface area contributed by atoms with Crippen molar-refractivity contribution in [1.29, 1.82) is 0 Å². The molecule has 0 saturated carbocycles. The first-order valence-electron chi connectivity index (χ1n) is 7.16. The molecule has 1 fully saturated rings. The maximum absolute atomic E-state index is 5.51. The third-order valence-electron chi connectivity index (χ3n) is 3.86. The highest BCUT2D eigenvalue weighted by molar-refractivity contribution is 5.21. The van der Waals surface area contributed by atoms with E-state index in [0.717, 1.165) is 26.2 Å². The number of benzene rings is 1. The molecule has 2 unspecified atom stereocenters. The average Bonchev–Trinajstić information content (AvgIpc) is 2.90. The lowest BCUT2D eigenvalue weighted by Crippen LogP contribution is -2.36. The second-order valence-electron chi connectivity index (χ2n) is 5.31. The van der Waals surface area contributed by atoms with Gasteiger partial charge in [-0.25, -0.2) is 0 Å². The quantitative estimate of drug-likeness (QED) is 0.834. The summed E-state index contributed by atoms with van der Waals surface area (Å²) in [6.45, 7) is 7.26. The van der Waals surface area contributed by atoms with E-state index in [1.807, 2.05) is 0 Å². The molecule has 0 spiro atoms. The fourth-order valence-corrected chi connectivity index (χ4v) is 2.71. The van der Waals surface area contributed by atoms with Gasteiger partial charge >= 0.3 is 0 Å². The Labute approximate surface area is 111 Å². The Morgan fingerprint density at radius 1 is 1.33 bits per heavy atom. The van der Waals surface area contributed by atoms with Crippen molar-refractivity contribution in [1.82, 2.24) is 5.32 Å². The largest absolute Gasteiger partial charge is 0.381 e. The maximum atomic E-state index is 5.51. The molecule has 100 valence electrons. The zero-order valence-electron chi connectivity index (χ0n) is 11.6. The molecule has 2 rings (SSSR count). The monoisotopic (exact) mass is 247 g/mol. The van der Waals surface area contributed by atoms with Crippen LogP contribution in [0.5, 0.6) is 0 Å². The Kier molecular flexibility index (Phi) is 5.21. The Balaban J connectivity index is 1.86. The van der Waals surface area contributed by atoms with E-state index < -0.39 is 0 Å². The molecular weight excluding hydrogens is 222 g/mol. The Bertz CT molecular complexity index is 341. The predicted molar refractivity (Wildman–Crippen MR) is 75.9 cm³/mol. The van der Waals surface area contributed by atoms with Crippen LogP contribution in [0.1, 0.15) is 30.9 Å². The fraction of sp³-hybridized carbons (Fsp3) is 0.625. The smallest absolute Gasteiger partial charge is 0.0510 e. The molecule has 1 saturated heterocycles. The number of aryl methyl sites for hydroxylation is 2. The summed E-state index contributed by atoms with van der Waals surface area (Å²) in [6, 6.07) is 9.53. The molecule has 1 aliphatic rings. The first-order valence-corrected chi connectivity index (χ1v) is 7.16. The van der Waals surface area contributed by atoms with E-state index in [1.165, 1.54) is 24.0 Å². The standard InChI is InChI=1S/C16H25NO/c1-3-17-16(15-10-11-18-12-15)9-8-14-6-4-13(2)5-7-14/h4-7,15-17H,3,8-12H2,1-2H3. The first kappa shape index (κ1) is 13.6. The van der Waals surface area contributed by atoms with Gasteiger partial charge in [0.25, 0.3) is 0 Å². The van der Waals surface area contributed by atoms with Crippen LogP contribution in [0.4, 0.5) is 0 Å². The van der Waals surface area contributed by atoms with Crippen LogP contribution in [0.25, 0.3) is 0 Å². The summed E-state index contributed by atoms with van der Waals surface area (Å²) in [5.41, 5.74) is 2.79. The van der Waals surface area contributed by atoms with Gasteiger partial charge in [-0.15, -0.1) is 0 Å². The van der Waals surface area contributed by atoms with Crippen molar-refractivity contribution >= 4 is 0 Å². The molecule has 18 heavy (non-hydrogen) atoms. The molecule has 0 aromatic heterocycles. The van der Waals surface area contributed by atoms with Crippen molar-refractivity contribution in [2.24, 2.45) is 5.92 Å². The zero-order valence-corrected chi connectivity index (χ0v) is 11.6. The van der Waals surface area contributed by atoms with Crippen LogP contribution in [0.3, 0.4) is 0 Å². The van der Waals surface area contributed by atoms with Crippen molar-refractivity contribution in [3.63, 3.8) is 0 Å². The van der Waals surface area contributed by atoms with Gasteiger partial charge in [-0.3, -0.25) is 0 Å². The number of ether oxygens (including phenoxy) is 1. The van der Waals surface area contributed by atoms with Crippen LogP contribution in [0, 0.1) is 12.8 Å².